The average molecular weight is 431 g/mol. The van der Waals surface area contributed by atoms with Crippen molar-refractivity contribution in [2.24, 2.45) is 0 Å². The van der Waals surface area contributed by atoms with Crippen LogP contribution in [-0.2, 0) is 14.8 Å². The molecule has 1 N–H and O–H groups in total. The summed E-state index contributed by atoms with van der Waals surface area (Å²) in [6.07, 6.45) is 1.43. The lowest BCUT2D eigenvalue weighted by Gasteiger charge is -2.29. The number of rotatable bonds is 5. The number of nitrogens with zero attached hydrogens (tertiary/aromatic N) is 1. The van der Waals surface area contributed by atoms with E-state index < -0.39 is 16.0 Å². The van der Waals surface area contributed by atoms with Crippen LogP contribution in [0.15, 0.2) is 36.4 Å². The van der Waals surface area contributed by atoms with Crippen molar-refractivity contribution in [3.8, 4) is 0 Å². The first-order valence-electron chi connectivity index (χ1n) is 9.93. The number of benzene rings is 2. The number of carbonyl (C=O) groups excluding carboxylic acids is 2. The van der Waals surface area contributed by atoms with Gasteiger partial charge in [-0.2, -0.15) is 0 Å². The van der Waals surface area contributed by atoms with Crippen molar-refractivity contribution in [1.82, 2.24) is 0 Å². The van der Waals surface area contributed by atoms with Gasteiger partial charge in [0.25, 0.3) is 5.91 Å². The lowest BCUT2D eigenvalue weighted by Crippen LogP contribution is -2.38. The third-order valence-corrected chi connectivity index (χ3v) is 7.02. The molecule has 8 heteroatoms. The van der Waals surface area contributed by atoms with Crippen molar-refractivity contribution in [1.29, 1.82) is 0 Å². The third kappa shape index (κ3) is 4.48. The summed E-state index contributed by atoms with van der Waals surface area (Å²) in [7, 11) is -3.38. The second-order valence-corrected chi connectivity index (χ2v) is 9.26. The zero-order chi connectivity index (χ0) is 21.9. The fourth-order valence-corrected chi connectivity index (χ4v) is 5.17. The summed E-state index contributed by atoms with van der Waals surface area (Å²) in [5.41, 5.74) is 3.15. The van der Waals surface area contributed by atoms with Crippen molar-refractivity contribution >= 4 is 33.3 Å². The molecule has 0 aliphatic carbocycles. The van der Waals surface area contributed by atoms with Crippen molar-refractivity contribution in [2.75, 3.05) is 28.5 Å². The highest BCUT2D eigenvalue weighted by Gasteiger charge is 2.27. The number of ether oxygens (including phenoxy) is 1. The van der Waals surface area contributed by atoms with Gasteiger partial charge in [-0.05, 0) is 69.0 Å². The van der Waals surface area contributed by atoms with Gasteiger partial charge >= 0.3 is 5.97 Å². The Morgan fingerprint density at radius 2 is 1.90 bits per heavy atom. The molecule has 0 radical (unpaired) electrons. The molecular weight excluding hydrogens is 404 g/mol. The number of amides is 1. The van der Waals surface area contributed by atoms with E-state index in [4.69, 9.17) is 4.74 Å². The van der Waals surface area contributed by atoms with E-state index in [0.717, 1.165) is 12.0 Å². The highest BCUT2D eigenvalue weighted by Crippen LogP contribution is 2.28. The first-order chi connectivity index (χ1) is 14.2. The Balaban J connectivity index is 1.88. The summed E-state index contributed by atoms with van der Waals surface area (Å²) >= 11 is 0. The summed E-state index contributed by atoms with van der Waals surface area (Å²) in [6, 6.07) is 10.0. The van der Waals surface area contributed by atoms with E-state index in [2.05, 4.69) is 5.32 Å². The number of nitrogens with one attached hydrogen (secondary N) is 1. The number of hydrogen-bond acceptors (Lipinski definition) is 5. The van der Waals surface area contributed by atoms with E-state index in [0.29, 0.717) is 41.0 Å². The number of anilines is 2. The van der Waals surface area contributed by atoms with Gasteiger partial charge in [0.2, 0.25) is 10.0 Å². The molecule has 3 rings (SSSR count). The topological polar surface area (TPSA) is 92.8 Å². The Bertz CT molecular complexity index is 1080. The van der Waals surface area contributed by atoms with E-state index in [1.54, 1.807) is 50.2 Å². The Kier molecular flexibility index (Phi) is 6.45. The molecule has 1 saturated heterocycles. The standard InChI is InChI=1S/C22H26N2O5S/c1-4-29-22(26)18-8-7-9-19(16(18)3)23-21(25)17-11-10-15(2)20(14-17)24-12-5-6-13-30(24,27)28/h7-11,14H,4-6,12-13H2,1-3H3,(H,23,25). The summed E-state index contributed by atoms with van der Waals surface area (Å²) in [4.78, 5) is 25.0. The molecule has 0 unspecified atom stereocenters. The van der Waals surface area contributed by atoms with Gasteiger partial charge in [-0.25, -0.2) is 13.2 Å². The molecule has 1 aliphatic heterocycles. The molecule has 7 nitrogen and oxygen atoms in total. The molecule has 2 aromatic carbocycles. The first kappa shape index (κ1) is 21.8. The Hall–Kier alpha value is -2.87. The van der Waals surface area contributed by atoms with Crippen LogP contribution >= 0.6 is 0 Å². The smallest absolute Gasteiger partial charge is 0.338 e. The molecule has 0 spiro atoms. The molecular formula is C22H26N2O5S. The fraction of sp³-hybridized carbons (Fsp3) is 0.364. The van der Waals surface area contributed by atoms with Crippen molar-refractivity contribution in [3.05, 3.63) is 58.7 Å². The second kappa shape index (κ2) is 8.87. The molecule has 160 valence electrons. The summed E-state index contributed by atoms with van der Waals surface area (Å²) in [5.74, 6) is -0.711. The molecule has 1 aliphatic rings. The van der Waals surface area contributed by atoms with Crippen LogP contribution < -0.4 is 9.62 Å². The van der Waals surface area contributed by atoms with Gasteiger partial charge in [-0.3, -0.25) is 9.10 Å². The normalized spacial score (nSPS) is 15.5. The third-order valence-electron chi connectivity index (χ3n) is 5.17. The number of esters is 1. The molecule has 2 aromatic rings. The molecule has 0 aromatic heterocycles. The largest absolute Gasteiger partial charge is 0.462 e. The lowest BCUT2D eigenvalue weighted by molar-refractivity contribution is 0.0525. The number of aryl methyl sites for hydroxylation is 1. The zero-order valence-electron chi connectivity index (χ0n) is 17.4. The van der Waals surface area contributed by atoms with Gasteiger partial charge in [0.05, 0.1) is 23.6 Å². The summed E-state index contributed by atoms with van der Waals surface area (Å²) in [6.45, 7) is 5.97. The van der Waals surface area contributed by atoms with Gasteiger partial charge < -0.3 is 10.1 Å². The Morgan fingerprint density at radius 1 is 1.13 bits per heavy atom. The fourth-order valence-electron chi connectivity index (χ4n) is 3.47. The van der Waals surface area contributed by atoms with Gasteiger partial charge in [-0.1, -0.05) is 12.1 Å². The highest BCUT2D eigenvalue weighted by atomic mass is 32.2. The van der Waals surface area contributed by atoms with Crippen molar-refractivity contribution < 1.29 is 22.7 Å². The maximum Gasteiger partial charge on any atom is 0.338 e. The number of sulfonamides is 1. The first-order valence-corrected chi connectivity index (χ1v) is 11.5. The molecule has 1 amide bonds. The summed E-state index contributed by atoms with van der Waals surface area (Å²) in [5, 5.41) is 2.82. The molecule has 0 bridgehead atoms. The lowest BCUT2D eigenvalue weighted by atomic mass is 10.1. The SMILES string of the molecule is CCOC(=O)c1cccc(NC(=O)c2ccc(C)c(N3CCCCS3(=O)=O)c2)c1C. The van der Waals surface area contributed by atoms with Crippen LogP contribution in [0.25, 0.3) is 0 Å². The van der Waals surface area contributed by atoms with Crippen molar-refractivity contribution in [3.63, 3.8) is 0 Å². The van der Waals surface area contributed by atoms with Crippen molar-refractivity contribution in [2.45, 2.75) is 33.6 Å². The zero-order valence-corrected chi connectivity index (χ0v) is 18.2. The van der Waals surface area contributed by atoms with Gasteiger partial charge in [0.15, 0.2) is 0 Å². The predicted octanol–water partition coefficient (Wildman–Crippen LogP) is 3.66. The van der Waals surface area contributed by atoms with Crippen LogP contribution in [-0.4, -0.2) is 39.2 Å². The minimum Gasteiger partial charge on any atom is -0.462 e. The van der Waals surface area contributed by atoms with Crippen LogP contribution in [0.5, 0.6) is 0 Å². The Labute approximate surface area is 177 Å². The van der Waals surface area contributed by atoms with Gasteiger partial charge in [0.1, 0.15) is 0 Å². The number of carbonyl (C=O) groups is 2. The molecule has 0 atom stereocenters. The van der Waals surface area contributed by atoms with Crippen LogP contribution in [0.3, 0.4) is 0 Å². The minimum absolute atomic E-state index is 0.114. The quantitative estimate of drug-likeness (QED) is 0.731. The second-order valence-electron chi connectivity index (χ2n) is 7.25. The molecule has 30 heavy (non-hydrogen) atoms. The van der Waals surface area contributed by atoms with Gasteiger partial charge in [0, 0.05) is 17.8 Å². The van der Waals surface area contributed by atoms with Crippen LogP contribution in [0, 0.1) is 13.8 Å². The summed E-state index contributed by atoms with van der Waals surface area (Å²) < 4.78 is 31.4. The van der Waals surface area contributed by atoms with E-state index in [1.807, 2.05) is 6.92 Å². The van der Waals surface area contributed by atoms with E-state index in [9.17, 15) is 18.0 Å². The van der Waals surface area contributed by atoms with Crippen LogP contribution in [0.4, 0.5) is 11.4 Å². The highest BCUT2D eigenvalue weighted by molar-refractivity contribution is 7.92. The van der Waals surface area contributed by atoms with E-state index >= 15 is 0 Å². The van der Waals surface area contributed by atoms with Gasteiger partial charge in [-0.15, -0.1) is 0 Å². The molecule has 1 heterocycles. The molecule has 0 saturated carbocycles. The van der Waals surface area contributed by atoms with Crippen LogP contribution in [0.2, 0.25) is 0 Å². The number of hydrogen-bond donors (Lipinski definition) is 1. The van der Waals surface area contributed by atoms with E-state index in [1.165, 1.54) is 4.31 Å². The monoisotopic (exact) mass is 430 g/mol. The maximum atomic E-state index is 12.9. The maximum absolute atomic E-state index is 12.9. The molecule has 1 fully saturated rings. The minimum atomic E-state index is -3.38. The predicted molar refractivity (Wildman–Crippen MR) is 117 cm³/mol. The Morgan fingerprint density at radius 3 is 2.60 bits per heavy atom. The van der Waals surface area contributed by atoms with Crippen LogP contribution in [0.1, 0.15) is 51.6 Å². The van der Waals surface area contributed by atoms with E-state index in [-0.39, 0.29) is 18.3 Å². The average Bonchev–Trinajstić information content (AvgIpc) is 2.70.